The van der Waals surface area contributed by atoms with Crippen molar-refractivity contribution in [1.82, 2.24) is 10.2 Å². The molecule has 172 valence electrons. The van der Waals surface area contributed by atoms with E-state index in [0.29, 0.717) is 13.0 Å². The third-order valence-corrected chi connectivity index (χ3v) is 6.60. The molecule has 6 heteroatoms. The first-order chi connectivity index (χ1) is 15.9. The van der Waals surface area contributed by atoms with Gasteiger partial charge in [-0.1, -0.05) is 76.6 Å². The van der Waals surface area contributed by atoms with E-state index in [4.69, 9.17) is 0 Å². The number of benzene rings is 3. The van der Waals surface area contributed by atoms with Crippen LogP contribution in [0.25, 0.3) is 0 Å². The number of rotatable bonds is 10. The van der Waals surface area contributed by atoms with E-state index in [2.05, 4.69) is 21.2 Å². The first-order valence-electron chi connectivity index (χ1n) is 11.0. The quantitative estimate of drug-likeness (QED) is 0.345. The molecule has 1 N–H and O–H groups in total. The molecule has 0 unspecified atom stereocenters. The molecule has 0 aliphatic heterocycles. The molecular weight excluding hydrogens is 496 g/mol. The lowest BCUT2D eigenvalue weighted by molar-refractivity contribution is -0.139. The van der Waals surface area contributed by atoms with E-state index in [0.717, 1.165) is 20.5 Å². The van der Waals surface area contributed by atoms with E-state index in [-0.39, 0.29) is 23.6 Å². The van der Waals surface area contributed by atoms with E-state index in [9.17, 15) is 9.59 Å². The molecule has 0 aliphatic rings. The number of amides is 2. The molecule has 3 aromatic carbocycles. The Bertz CT molecular complexity index is 1030. The zero-order valence-corrected chi connectivity index (χ0v) is 21.3. The lowest BCUT2D eigenvalue weighted by Gasteiger charge is -2.32. The van der Waals surface area contributed by atoms with Gasteiger partial charge >= 0.3 is 0 Å². The second-order valence-electron chi connectivity index (χ2n) is 8.12. The molecular formula is C27H29BrN2O2S. The highest BCUT2D eigenvalue weighted by Gasteiger charge is 2.30. The van der Waals surface area contributed by atoms with Crippen molar-refractivity contribution in [3.63, 3.8) is 0 Å². The maximum atomic E-state index is 13.5. The zero-order valence-electron chi connectivity index (χ0n) is 18.9. The number of carbonyl (C=O) groups is 2. The van der Waals surface area contributed by atoms with Gasteiger partial charge in [-0.2, -0.15) is 0 Å². The Kier molecular flexibility index (Phi) is 9.58. The van der Waals surface area contributed by atoms with Crippen molar-refractivity contribution in [3.05, 3.63) is 101 Å². The molecule has 0 spiro atoms. The minimum atomic E-state index is -0.609. The lowest BCUT2D eigenvalue weighted by Crippen LogP contribution is -2.52. The summed E-state index contributed by atoms with van der Waals surface area (Å²) in [7, 11) is 0. The minimum Gasteiger partial charge on any atom is -0.352 e. The molecule has 0 bridgehead atoms. The van der Waals surface area contributed by atoms with Crippen molar-refractivity contribution in [2.45, 2.75) is 43.8 Å². The summed E-state index contributed by atoms with van der Waals surface area (Å²) < 4.78 is 0.974. The van der Waals surface area contributed by atoms with Gasteiger partial charge < -0.3 is 10.2 Å². The van der Waals surface area contributed by atoms with Crippen LogP contribution in [0.3, 0.4) is 0 Å². The predicted octanol–water partition coefficient (Wildman–Crippen LogP) is 5.71. The Morgan fingerprint density at radius 1 is 0.879 bits per heavy atom. The van der Waals surface area contributed by atoms with Gasteiger partial charge in [0.05, 0.1) is 5.75 Å². The van der Waals surface area contributed by atoms with Gasteiger partial charge in [-0.05, 0) is 49.2 Å². The second kappa shape index (κ2) is 12.6. The van der Waals surface area contributed by atoms with Crippen LogP contribution in [-0.2, 0) is 22.6 Å². The first-order valence-corrected chi connectivity index (χ1v) is 12.8. The van der Waals surface area contributed by atoms with Gasteiger partial charge in [-0.3, -0.25) is 9.59 Å². The van der Waals surface area contributed by atoms with E-state index in [1.54, 1.807) is 4.90 Å². The molecule has 0 aromatic heterocycles. The first kappa shape index (κ1) is 25.1. The summed E-state index contributed by atoms with van der Waals surface area (Å²) in [4.78, 5) is 29.6. The number of nitrogens with one attached hydrogen (secondary N) is 1. The van der Waals surface area contributed by atoms with E-state index in [1.165, 1.54) is 11.8 Å². The van der Waals surface area contributed by atoms with E-state index < -0.39 is 6.04 Å². The van der Waals surface area contributed by atoms with Crippen LogP contribution in [0.5, 0.6) is 0 Å². The van der Waals surface area contributed by atoms with Crippen LogP contribution in [0.1, 0.15) is 25.0 Å². The largest absolute Gasteiger partial charge is 0.352 e. The van der Waals surface area contributed by atoms with Crippen LogP contribution < -0.4 is 5.32 Å². The van der Waals surface area contributed by atoms with Gasteiger partial charge in [0.2, 0.25) is 11.8 Å². The SMILES string of the molecule is CC(C)NC(=O)[C@@H](Cc1ccccc1)N(Cc1ccc(Br)cc1)C(=O)CSc1ccccc1. The molecule has 4 nitrogen and oxygen atoms in total. The molecule has 1 atom stereocenters. The summed E-state index contributed by atoms with van der Waals surface area (Å²) in [5.41, 5.74) is 2.00. The maximum absolute atomic E-state index is 13.5. The lowest BCUT2D eigenvalue weighted by atomic mass is 10.0. The topological polar surface area (TPSA) is 49.4 Å². The van der Waals surface area contributed by atoms with Crippen LogP contribution in [0.4, 0.5) is 0 Å². The van der Waals surface area contributed by atoms with Crippen molar-refractivity contribution in [2.75, 3.05) is 5.75 Å². The van der Waals surface area contributed by atoms with Crippen molar-refractivity contribution < 1.29 is 9.59 Å². The molecule has 3 rings (SSSR count). The van der Waals surface area contributed by atoms with Gasteiger partial charge in [-0.25, -0.2) is 0 Å². The van der Waals surface area contributed by atoms with E-state index >= 15 is 0 Å². The minimum absolute atomic E-state index is 0.0147. The summed E-state index contributed by atoms with van der Waals surface area (Å²) in [5, 5.41) is 3.02. The van der Waals surface area contributed by atoms with Gasteiger partial charge in [0, 0.05) is 28.4 Å². The smallest absolute Gasteiger partial charge is 0.243 e. The number of nitrogens with zero attached hydrogens (tertiary/aromatic N) is 1. The Morgan fingerprint density at radius 3 is 2.09 bits per heavy atom. The maximum Gasteiger partial charge on any atom is 0.243 e. The Labute approximate surface area is 208 Å². The van der Waals surface area contributed by atoms with Gasteiger partial charge in [0.1, 0.15) is 6.04 Å². The normalized spacial score (nSPS) is 11.8. The molecule has 33 heavy (non-hydrogen) atoms. The van der Waals surface area contributed by atoms with Gasteiger partial charge in [0.15, 0.2) is 0 Å². The highest BCUT2D eigenvalue weighted by Crippen LogP contribution is 2.21. The third-order valence-electron chi connectivity index (χ3n) is 5.07. The molecule has 0 fully saturated rings. The molecule has 3 aromatic rings. The molecule has 0 saturated carbocycles. The number of thioether (sulfide) groups is 1. The van der Waals surface area contributed by atoms with Crippen molar-refractivity contribution in [3.8, 4) is 0 Å². The Morgan fingerprint density at radius 2 is 1.48 bits per heavy atom. The summed E-state index contributed by atoms with van der Waals surface area (Å²) in [6, 6.07) is 27.0. The molecule has 0 radical (unpaired) electrons. The molecule has 0 aliphatic carbocycles. The van der Waals surface area contributed by atoms with Crippen LogP contribution in [0, 0.1) is 0 Å². The van der Waals surface area contributed by atoms with E-state index in [1.807, 2.05) is 98.8 Å². The van der Waals surface area contributed by atoms with Crippen molar-refractivity contribution >= 4 is 39.5 Å². The van der Waals surface area contributed by atoms with Gasteiger partial charge in [-0.15, -0.1) is 11.8 Å². The summed E-state index contributed by atoms with van der Waals surface area (Å²) >= 11 is 4.96. The molecule has 2 amide bonds. The number of hydrogen-bond acceptors (Lipinski definition) is 3. The van der Waals surface area contributed by atoms with Gasteiger partial charge in [0.25, 0.3) is 0 Å². The fraction of sp³-hybridized carbons (Fsp3) is 0.259. The van der Waals surface area contributed by atoms with Crippen LogP contribution in [0.2, 0.25) is 0 Å². The number of hydrogen-bond donors (Lipinski definition) is 1. The van der Waals surface area contributed by atoms with Crippen LogP contribution in [-0.4, -0.2) is 34.6 Å². The summed E-state index contributed by atoms with van der Waals surface area (Å²) in [6.07, 6.45) is 0.456. The molecule has 0 saturated heterocycles. The average Bonchev–Trinajstić information content (AvgIpc) is 2.82. The highest BCUT2D eigenvalue weighted by molar-refractivity contribution is 9.10. The third kappa shape index (κ3) is 8.06. The summed E-state index contributed by atoms with van der Waals surface area (Å²) in [5.74, 6) is 0.0662. The van der Waals surface area contributed by atoms with Crippen LogP contribution >= 0.6 is 27.7 Å². The van der Waals surface area contributed by atoms with Crippen LogP contribution in [0.15, 0.2) is 94.3 Å². The summed E-state index contributed by atoms with van der Waals surface area (Å²) in [6.45, 7) is 4.23. The highest BCUT2D eigenvalue weighted by atomic mass is 79.9. The Hall–Kier alpha value is -2.57. The van der Waals surface area contributed by atoms with Crippen molar-refractivity contribution in [1.29, 1.82) is 0 Å². The number of halogens is 1. The standard InChI is InChI=1S/C27H29BrN2O2S/c1-20(2)29-27(32)25(17-21-9-5-3-6-10-21)30(18-22-13-15-23(28)16-14-22)26(31)19-33-24-11-7-4-8-12-24/h3-16,20,25H,17-19H2,1-2H3,(H,29,32)/t25-/m1/s1. The van der Waals surface area contributed by atoms with Crippen molar-refractivity contribution in [2.24, 2.45) is 0 Å². The average molecular weight is 526 g/mol. The predicted molar refractivity (Wildman–Crippen MR) is 139 cm³/mol. The Balaban J connectivity index is 1.89. The second-order valence-corrected chi connectivity index (χ2v) is 10.1. The fourth-order valence-electron chi connectivity index (χ4n) is 3.47. The zero-order chi connectivity index (χ0) is 23.6. The molecule has 0 heterocycles. The monoisotopic (exact) mass is 524 g/mol. The fourth-order valence-corrected chi connectivity index (χ4v) is 4.54. The number of carbonyl (C=O) groups excluding carboxylic acids is 2.